The van der Waals surface area contributed by atoms with Gasteiger partial charge in [0.1, 0.15) is 11.6 Å². The average Bonchev–Trinajstić information content (AvgIpc) is 2.69. The van der Waals surface area contributed by atoms with Crippen molar-refractivity contribution < 1.29 is 4.52 Å². The number of aromatic nitrogens is 2. The maximum Gasteiger partial charge on any atom is 0.139 e. The molecule has 2 rings (SSSR count). The first-order chi connectivity index (χ1) is 8.61. The zero-order valence-electron chi connectivity index (χ0n) is 11.1. The molecule has 5 nitrogen and oxygen atoms in total. The molecule has 1 atom stereocenters. The Labute approximate surface area is 107 Å². The van der Waals surface area contributed by atoms with Gasteiger partial charge in [-0.05, 0) is 26.8 Å². The number of nitrogens with zero attached hydrogens (tertiary/aromatic N) is 2. The first-order valence-electron chi connectivity index (χ1n) is 5.95. The maximum absolute atomic E-state index is 5.18. The monoisotopic (exact) mass is 246 g/mol. The summed E-state index contributed by atoms with van der Waals surface area (Å²) in [5.74, 6) is 1.70. The van der Waals surface area contributed by atoms with Gasteiger partial charge in [-0.25, -0.2) is 4.98 Å². The fourth-order valence-electron chi connectivity index (χ4n) is 2.09. The van der Waals surface area contributed by atoms with Gasteiger partial charge in [-0.3, -0.25) is 0 Å². The zero-order chi connectivity index (χ0) is 13.1. The van der Waals surface area contributed by atoms with Crippen LogP contribution in [0.15, 0.2) is 22.9 Å². The minimum atomic E-state index is 0.142. The average molecular weight is 246 g/mol. The fraction of sp³-hybridized carbons (Fsp3) is 0.385. The van der Waals surface area contributed by atoms with E-state index in [0.717, 1.165) is 28.5 Å². The lowest BCUT2D eigenvalue weighted by atomic mass is 10.1. The molecule has 96 valence electrons. The molecule has 2 aromatic heterocycles. The van der Waals surface area contributed by atoms with E-state index in [0.29, 0.717) is 0 Å². The smallest absolute Gasteiger partial charge is 0.139 e. The minimum absolute atomic E-state index is 0.142. The second-order valence-electron chi connectivity index (χ2n) is 4.28. The van der Waals surface area contributed by atoms with Crippen LogP contribution in [0.5, 0.6) is 0 Å². The normalized spacial score (nSPS) is 12.2. The van der Waals surface area contributed by atoms with Crippen molar-refractivity contribution in [1.82, 2.24) is 10.1 Å². The lowest BCUT2D eigenvalue weighted by Gasteiger charge is -2.15. The van der Waals surface area contributed by atoms with Crippen molar-refractivity contribution in [2.24, 2.45) is 0 Å². The second-order valence-corrected chi connectivity index (χ2v) is 4.28. The lowest BCUT2D eigenvalue weighted by Crippen LogP contribution is -2.08. The van der Waals surface area contributed by atoms with Gasteiger partial charge in [0.25, 0.3) is 0 Å². The topological polar surface area (TPSA) is 63.0 Å². The van der Waals surface area contributed by atoms with Crippen molar-refractivity contribution in [2.75, 3.05) is 17.7 Å². The van der Waals surface area contributed by atoms with E-state index >= 15 is 0 Å². The van der Waals surface area contributed by atoms with Crippen LogP contribution in [-0.4, -0.2) is 17.2 Å². The van der Waals surface area contributed by atoms with Crippen LogP contribution >= 0.6 is 0 Å². The molecule has 2 heterocycles. The molecule has 0 saturated heterocycles. The summed E-state index contributed by atoms with van der Waals surface area (Å²) in [4.78, 5) is 4.18. The number of hydrogen-bond donors (Lipinski definition) is 2. The highest BCUT2D eigenvalue weighted by Gasteiger charge is 2.16. The van der Waals surface area contributed by atoms with Gasteiger partial charge in [0.15, 0.2) is 0 Å². The summed E-state index contributed by atoms with van der Waals surface area (Å²) in [6.07, 6.45) is 1.77. The number of pyridine rings is 1. The largest absolute Gasteiger partial charge is 0.378 e. The quantitative estimate of drug-likeness (QED) is 0.868. The van der Waals surface area contributed by atoms with E-state index < -0.39 is 0 Å². The van der Waals surface area contributed by atoms with Gasteiger partial charge in [0, 0.05) is 30.6 Å². The molecule has 0 radical (unpaired) electrons. The summed E-state index contributed by atoms with van der Waals surface area (Å²) in [7, 11) is 1.85. The number of aryl methyl sites for hydroxylation is 2. The summed E-state index contributed by atoms with van der Waals surface area (Å²) in [6, 6.07) is 4.05. The molecule has 0 aliphatic carbocycles. The van der Waals surface area contributed by atoms with Gasteiger partial charge < -0.3 is 15.2 Å². The molecule has 18 heavy (non-hydrogen) atoms. The van der Waals surface area contributed by atoms with Crippen molar-refractivity contribution in [2.45, 2.75) is 26.8 Å². The minimum Gasteiger partial charge on any atom is -0.378 e. The molecule has 0 saturated carbocycles. The Morgan fingerprint density at radius 2 is 2.11 bits per heavy atom. The van der Waals surface area contributed by atoms with Gasteiger partial charge in [0.05, 0.1) is 11.7 Å². The highest BCUT2D eigenvalue weighted by atomic mass is 16.5. The van der Waals surface area contributed by atoms with Crippen molar-refractivity contribution in [1.29, 1.82) is 0 Å². The molecule has 2 aromatic rings. The predicted molar refractivity (Wildman–Crippen MR) is 71.8 cm³/mol. The molecule has 1 unspecified atom stereocenters. The van der Waals surface area contributed by atoms with E-state index in [1.54, 1.807) is 6.20 Å². The molecular weight excluding hydrogens is 228 g/mol. The van der Waals surface area contributed by atoms with Gasteiger partial charge in [-0.1, -0.05) is 5.16 Å². The predicted octanol–water partition coefficient (Wildman–Crippen LogP) is 2.90. The number of rotatable bonds is 4. The van der Waals surface area contributed by atoms with Crippen molar-refractivity contribution in [3.63, 3.8) is 0 Å². The van der Waals surface area contributed by atoms with Crippen molar-refractivity contribution in [3.05, 3.63) is 35.3 Å². The van der Waals surface area contributed by atoms with Crippen molar-refractivity contribution in [3.8, 4) is 0 Å². The van der Waals surface area contributed by atoms with Gasteiger partial charge in [-0.15, -0.1) is 0 Å². The molecule has 5 heteroatoms. The Morgan fingerprint density at radius 1 is 1.33 bits per heavy atom. The van der Waals surface area contributed by atoms with Crippen molar-refractivity contribution >= 4 is 11.5 Å². The maximum atomic E-state index is 5.18. The summed E-state index contributed by atoms with van der Waals surface area (Å²) in [5, 5.41) is 10.4. The first kappa shape index (κ1) is 12.4. The van der Waals surface area contributed by atoms with Crippen LogP contribution in [0, 0.1) is 13.8 Å². The van der Waals surface area contributed by atoms with Gasteiger partial charge in [-0.2, -0.15) is 0 Å². The third-order valence-electron chi connectivity index (χ3n) is 2.92. The van der Waals surface area contributed by atoms with Crippen LogP contribution in [0.25, 0.3) is 0 Å². The summed E-state index contributed by atoms with van der Waals surface area (Å²) in [5.41, 5.74) is 3.05. The Kier molecular flexibility index (Phi) is 3.50. The van der Waals surface area contributed by atoms with E-state index in [4.69, 9.17) is 4.52 Å². The Bertz CT molecular complexity index is 516. The zero-order valence-corrected chi connectivity index (χ0v) is 11.1. The number of anilines is 2. The van der Waals surface area contributed by atoms with Crippen LogP contribution < -0.4 is 10.6 Å². The third-order valence-corrected chi connectivity index (χ3v) is 2.92. The summed E-state index contributed by atoms with van der Waals surface area (Å²) < 4.78 is 5.18. The Balaban J connectivity index is 2.18. The van der Waals surface area contributed by atoms with Crippen LogP contribution in [0.1, 0.15) is 30.0 Å². The SMILES string of the molecule is CNc1cc(NC(C)c2c(C)noc2C)ccn1. The highest BCUT2D eigenvalue weighted by Crippen LogP contribution is 2.25. The fourth-order valence-corrected chi connectivity index (χ4v) is 2.09. The molecule has 0 aliphatic heterocycles. The number of hydrogen-bond acceptors (Lipinski definition) is 5. The third kappa shape index (κ3) is 2.45. The molecule has 0 fully saturated rings. The molecular formula is C13H18N4O. The Morgan fingerprint density at radius 3 is 2.72 bits per heavy atom. The van der Waals surface area contributed by atoms with E-state index in [-0.39, 0.29) is 6.04 Å². The van der Waals surface area contributed by atoms with Crippen LogP contribution in [0.4, 0.5) is 11.5 Å². The molecule has 0 bridgehead atoms. The van der Waals surface area contributed by atoms with Gasteiger partial charge >= 0.3 is 0 Å². The molecule has 0 amide bonds. The van der Waals surface area contributed by atoms with Crippen LogP contribution in [0.2, 0.25) is 0 Å². The van der Waals surface area contributed by atoms with Crippen LogP contribution in [-0.2, 0) is 0 Å². The van der Waals surface area contributed by atoms with Gasteiger partial charge in [0.2, 0.25) is 0 Å². The second kappa shape index (κ2) is 5.08. The lowest BCUT2D eigenvalue weighted by molar-refractivity contribution is 0.392. The molecule has 0 aliphatic rings. The molecule has 0 aromatic carbocycles. The molecule has 0 spiro atoms. The van der Waals surface area contributed by atoms with E-state index in [2.05, 4.69) is 27.7 Å². The summed E-state index contributed by atoms with van der Waals surface area (Å²) in [6.45, 7) is 5.97. The standard InChI is InChI=1S/C13H18N4O/c1-8(13-9(2)17-18-10(13)3)16-11-5-6-15-12(7-11)14-4/h5-8H,1-4H3,(H2,14,15,16). The van der Waals surface area contributed by atoms with E-state index in [9.17, 15) is 0 Å². The van der Waals surface area contributed by atoms with Crippen LogP contribution in [0.3, 0.4) is 0 Å². The van der Waals surface area contributed by atoms with E-state index in [1.165, 1.54) is 0 Å². The summed E-state index contributed by atoms with van der Waals surface area (Å²) >= 11 is 0. The Hall–Kier alpha value is -2.04. The van der Waals surface area contributed by atoms with E-state index in [1.807, 2.05) is 33.0 Å². The first-order valence-corrected chi connectivity index (χ1v) is 5.95. The number of nitrogens with one attached hydrogen (secondary N) is 2. The molecule has 2 N–H and O–H groups in total. The highest BCUT2D eigenvalue weighted by molar-refractivity contribution is 5.53.